The number of aromatic amines is 1. The van der Waals surface area contributed by atoms with Crippen molar-refractivity contribution in [2.24, 2.45) is 0 Å². The molecule has 0 spiro atoms. The van der Waals surface area contributed by atoms with E-state index < -0.39 is 0 Å². The molecule has 0 saturated carbocycles. The van der Waals surface area contributed by atoms with Gasteiger partial charge in [0.2, 0.25) is 0 Å². The predicted molar refractivity (Wildman–Crippen MR) is 102 cm³/mol. The maximum atomic E-state index is 5.31. The van der Waals surface area contributed by atoms with Gasteiger partial charge in [-0.15, -0.1) is 11.3 Å². The average molecular weight is 407 g/mol. The summed E-state index contributed by atoms with van der Waals surface area (Å²) >= 11 is 10.5. The molecule has 0 bridgehead atoms. The topological polar surface area (TPSA) is 44.0 Å². The van der Waals surface area contributed by atoms with Crippen molar-refractivity contribution in [3.63, 3.8) is 0 Å². The number of hydrogen-bond acceptors (Lipinski definition) is 5. The van der Waals surface area contributed by atoms with Crippen LogP contribution in [0, 0.1) is 4.77 Å². The van der Waals surface area contributed by atoms with Crippen molar-refractivity contribution < 1.29 is 0 Å². The third-order valence-corrected chi connectivity index (χ3v) is 5.86. The van der Waals surface area contributed by atoms with Crippen LogP contribution in [-0.4, -0.2) is 28.5 Å². The second kappa shape index (κ2) is 5.98. The van der Waals surface area contributed by atoms with Crippen molar-refractivity contribution in [2.45, 2.75) is 13.0 Å². The highest BCUT2D eigenvalue weighted by Crippen LogP contribution is 2.37. The van der Waals surface area contributed by atoms with Crippen LogP contribution in [0.5, 0.6) is 0 Å². The molecule has 0 aliphatic carbocycles. The second-order valence-electron chi connectivity index (χ2n) is 5.72. The summed E-state index contributed by atoms with van der Waals surface area (Å²) in [6.07, 6.45) is 1.05. The van der Waals surface area contributed by atoms with Gasteiger partial charge in [0.1, 0.15) is 10.6 Å². The maximum Gasteiger partial charge on any atom is 0.199 e. The van der Waals surface area contributed by atoms with E-state index in [9.17, 15) is 0 Å². The zero-order valence-electron chi connectivity index (χ0n) is 12.5. The Kier molecular flexibility index (Phi) is 3.96. The van der Waals surface area contributed by atoms with Crippen molar-refractivity contribution in [3.05, 3.63) is 43.9 Å². The van der Waals surface area contributed by atoms with Crippen molar-refractivity contribution >= 4 is 61.2 Å². The number of nitrogens with one attached hydrogen (secondary N) is 2. The number of rotatable bonds is 2. The quantitative estimate of drug-likeness (QED) is 0.597. The Bertz CT molecular complexity index is 930. The zero-order chi connectivity index (χ0) is 16.0. The van der Waals surface area contributed by atoms with Crippen LogP contribution in [-0.2, 0) is 13.0 Å². The molecule has 4 nitrogen and oxygen atoms in total. The van der Waals surface area contributed by atoms with Gasteiger partial charge < -0.3 is 15.2 Å². The van der Waals surface area contributed by atoms with Gasteiger partial charge in [0.05, 0.1) is 5.39 Å². The van der Waals surface area contributed by atoms with Gasteiger partial charge in [0, 0.05) is 28.1 Å². The Morgan fingerprint density at radius 1 is 1.35 bits per heavy atom. The van der Waals surface area contributed by atoms with Crippen LogP contribution in [0.15, 0.2) is 28.7 Å². The highest BCUT2D eigenvalue weighted by atomic mass is 79.9. The number of fused-ring (bicyclic) bond motifs is 3. The van der Waals surface area contributed by atoms with Gasteiger partial charge in [-0.05, 0) is 55.5 Å². The lowest BCUT2D eigenvalue weighted by molar-refractivity contribution is 0.318. The molecule has 3 heterocycles. The number of benzene rings is 1. The number of thiophene rings is 1. The largest absolute Gasteiger partial charge is 0.341 e. The number of halogens is 1. The Hall–Kier alpha value is -1.28. The first kappa shape index (κ1) is 15.3. The van der Waals surface area contributed by atoms with Gasteiger partial charge in [-0.1, -0.05) is 15.9 Å². The fourth-order valence-electron chi connectivity index (χ4n) is 2.91. The van der Waals surface area contributed by atoms with Crippen molar-refractivity contribution in [1.29, 1.82) is 0 Å². The number of likely N-dealkylation sites (N-methyl/N-ethyl adjacent to an activating group) is 1. The summed E-state index contributed by atoms with van der Waals surface area (Å²) in [7, 11) is 2.16. The SMILES string of the molecule is CN1CCc2c(sc3nc(=S)[nH]c(Nc4ccc(Br)cc4)c23)C1. The summed E-state index contributed by atoms with van der Waals surface area (Å²) in [4.78, 5) is 12.5. The summed E-state index contributed by atoms with van der Waals surface area (Å²) in [5.74, 6) is 0.948. The van der Waals surface area contributed by atoms with E-state index in [1.54, 1.807) is 11.3 Å². The smallest absolute Gasteiger partial charge is 0.199 e. The molecule has 7 heteroatoms. The highest BCUT2D eigenvalue weighted by molar-refractivity contribution is 9.10. The molecule has 2 N–H and O–H groups in total. The lowest BCUT2D eigenvalue weighted by atomic mass is 10.1. The Labute approximate surface area is 151 Å². The van der Waals surface area contributed by atoms with Crippen LogP contribution in [0.1, 0.15) is 10.4 Å². The molecule has 0 saturated heterocycles. The second-order valence-corrected chi connectivity index (χ2v) is 8.11. The van der Waals surface area contributed by atoms with Crippen LogP contribution in [0.4, 0.5) is 11.5 Å². The van der Waals surface area contributed by atoms with Gasteiger partial charge in [0.15, 0.2) is 4.77 Å². The summed E-state index contributed by atoms with van der Waals surface area (Å²) in [6.45, 7) is 2.06. The van der Waals surface area contributed by atoms with Crippen LogP contribution in [0.25, 0.3) is 10.2 Å². The summed E-state index contributed by atoms with van der Waals surface area (Å²) < 4.78 is 1.58. The molecular formula is C16H15BrN4S2. The lowest BCUT2D eigenvalue weighted by Crippen LogP contribution is -2.25. The standard InChI is InChI=1S/C16H15BrN4S2/c1-21-7-6-11-12(8-21)23-15-13(11)14(19-16(22)20-15)18-10-4-2-9(17)3-5-10/h2-5H,6-8H2,1H3,(H2,18,19,20,22). The monoisotopic (exact) mass is 406 g/mol. The number of nitrogens with zero attached hydrogens (tertiary/aromatic N) is 2. The molecule has 0 radical (unpaired) electrons. The van der Waals surface area contributed by atoms with Crippen molar-refractivity contribution in [2.75, 3.05) is 18.9 Å². The molecule has 1 aliphatic heterocycles. The highest BCUT2D eigenvalue weighted by Gasteiger charge is 2.22. The van der Waals surface area contributed by atoms with Crippen LogP contribution < -0.4 is 5.32 Å². The third-order valence-electron chi connectivity index (χ3n) is 4.03. The molecule has 0 unspecified atom stereocenters. The molecule has 3 aromatic rings. The van der Waals surface area contributed by atoms with E-state index in [-0.39, 0.29) is 0 Å². The fourth-order valence-corrected chi connectivity index (χ4v) is 4.74. The first-order valence-electron chi connectivity index (χ1n) is 7.36. The first-order valence-corrected chi connectivity index (χ1v) is 9.37. The van der Waals surface area contributed by atoms with E-state index in [0.717, 1.165) is 40.3 Å². The number of anilines is 2. The summed E-state index contributed by atoms with van der Waals surface area (Å²) in [6, 6.07) is 8.13. The normalized spacial score (nSPS) is 14.9. The number of H-pyrrole nitrogens is 1. The van der Waals surface area contributed by atoms with E-state index in [1.165, 1.54) is 15.8 Å². The fraction of sp³-hybridized carbons (Fsp3) is 0.250. The molecule has 4 rings (SSSR count). The lowest BCUT2D eigenvalue weighted by Gasteiger charge is -2.22. The molecule has 2 aromatic heterocycles. The van der Waals surface area contributed by atoms with Crippen molar-refractivity contribution in [1.82, 2.24) is 14.9 Å². The minimum Gasteiger partial charge on any atom is -0.341 e. The first-order chi connectivity index (χ1) is 11.1. The predicted octanol–water partition coefficient (Wildman–Crippen LogP) is 4.85. The zero-order valence-corrected chi connectivity index (χ0v) is 15.7. The number of aromatic nitrogens is 2. The molecular weight excluding hydrogens is 392 g/mol. The third kappa shape index (κ3) is 2.94. The molecule has 0 fully saturated rings. The number of hydrogen-bond donors (Lipinski definition) is 2. The van der Waals surface area contributed by atoms with Gasteiger partial charge in [0.25, 0.3) is 0 Å². The Morgan fingerprint density at radius 3 is 2.91 bits per heavy atom. The van der Waals surface area contributed by atoms with Crippen LogP contribution >= 0.6 is 39.5 Å². The summed E-state index contributed by atoms with van der Waals surface area (Å²) in [5.41, 5.74) is 2.43. The average Bonchev–Trinajstić information content (AvgIpc) is 2.86. The molecule has 0 atom stereocenters. The van der Waals surface area contributed by atoms with Gasteiger partial charge >= 0.3 is 0 Å². The molecule has 23 heavy (non-hydrogen) atoms. The summed E-state index contributed by atoms with van der Waals surface area (Å²) in [5, 5.41) is 4.66. The Morgan fingerprint density at radius 2 is 2.13 bits per heavy atom. The van der Waals surface area contributed by atoms with Crippen LogP contribution in [0.2, 0.25) is 0 Å². The van der Waals surface area contributed by atoms with Gasteiger partial charge in [-0.25, -0.2) is 4.98 Å². The Balaban J connectivity index is 1.85. The molecule has 1 aliphatic rings. The van der Waals surface area contributed by atoms with Crippen molar-refractivity contribution in [3.8, 4) is 0 Å². The minimum atomic E-state index is 0.518. The maximum absolute atomic E-state index is 5.31. The van der Waals surface area contributed by atoms with E-state index in [4.69, 9.17) is 12.2 Å². The molecule has 118 valence electrons. The van der Waals surface area contributed by atoms with E-state index in [0.29, 0.717) is 4.77 Å². The van der Waals surface area contributed by atoms with Crippen LogP contribution in [0.3, 0.4) is 0 Å². The van der Waals surface area contributed by atoms with Gasteiger partial charge in [-0.3, -0.25) is 0 Å². The van der Waals surface area contributed by atoms with E-state index >= 15 is 0 Å². The van der Waals surface area contributed by atoms with E-state index in [2.05, 4.69) is 43.2 Å². The molecule has 0 amide bonds. The van der Waals surface area contributed by atoms with Gasteiger partial charge in [-0.2, -0.15) is 0 Å². The van der Waals surface area contributed by atoms with E-state index in [1.807, 2.05) is 24.3 Å². The minimum absolute atomic E-state index is 0.518. The molecule has 1 aromatic carbocycles.